The molecule has 1 amide bonds. The second-order valence-electron chi connectivity index (χ2n) is 4.56. The van der Waals surface area contributed by atoms with E-state index in [9.17, 15) is 18.4 Å². The predicted octanol–water partition coefficient (Wildman–Crippen LogP) is 2.50. The molecule has 0 aliphatic rings. The summed E-state index contributed by atoms with van der Waals surface area (Å²) in [6.45, 7) is 0.628. The summed E-state index contributed by atoms with van der Waals surface area (Å²) < 4.78 is 35.2. The molecule has 1 rings (SSSR count). The molecule has 0 aromatic heterocycles. The summed E-state index contributed by atoms with van der Waals surface area (Å²) >= 11 is 0. The van der Waals surface area contributed by atoms with Crippen LogP contribution in [0.15, 0.2) is 30.3 Å². The number of amides is 1. The Labute approximate surface area is 121 Å². The molecule has 0 heterocycles. The SMILES string of the molecule is COC(=O)C(CC(C)(F)F)NC(=O)OCc1ccccc1. The summed E-state index contributed by atoms with van der Waals surface area (Å²) in [5.41, 5.74) is 0.739. The highest BCUT2D eigenvalue weighted by atomic mass is 19.3. The van der Waals surface area contributed by atoms with Gasteiger partial charge in [0.1, 0.15) is 12.6 Å². The van der Waals surface area contributed by atoms with E-state index in [-0.39, 0.29) is 6.61 Å². The molecule has 0 aliphatic heterocycles. The molecule has 1 aromatic carbocycles. The van der Waals surface area contributed by atoms with Gasteiger partial charge in [0.05, 0.1) is 7.11 Å². The number of nitrogens with one attached hydrogen (secondary N) is 1. The maximum atomic E-state index is 13.0. The molecule has 0 spiro atoms. The quantitative estimate of drug-likeness (QED) is 0.820. The van der Waals surface area contributed by atoms with Crippen LogP contribution in [-0.4, -0.2) is 31.1 Å². The van der Waals surface area contributed by atoms with E-state index in [1.807, 2.05) is 0 Å². The summed E-state index contributed by atoms with van der Waals surface area (Å²) in [7, 11) is 1.06. The number of carbonyl (C=O) groups excluding carboxylic acids is 2. The number of alkyl halides is 2. The van der Waals surface area contributed by atoms with E-state index in [1.54, 1.807) is 30.3 Å². The Morgan fingerprint density at radius 3 is 2.43 bits per heavy atom. The molecule has 5 nitrogen and oxygen atoms in total. The number of halogens is 2. The molecule has 1 N–H and O–H groups in total. The molecule has 1 unspecified atom stereocenters. The van der Waals surface area contributed by atoms with Crippen molar-refractivity contribution in [2.45, 2.75) is 31.9 Å². The molecule has 1 atom stereocenters. The Morgan fingerprint density at radius 2 is 1.90 bits per heavy atom. The van der Waals surface area contributed by atoms with Crippen LogP contribution in [0.3, 0.4) is 0 Å². The number of benzene rings is 1. The van der Waals surface area contributed by atoms with Gasteiger partial charge >= 0.3 is 12.1 Å². The van der Waals surface area contributed by atoms with Crippen molar-refractivity contribution < 1.29 is 27.8 Å². The van der Waals surface area contributed by atoms with E-state index in [0.29, 0.717) is 6.92 Å². The molecule has 0 aliphatic carbocycles. The molecule has 21 heavy (non-hydrogen) atoms. The lowest BCUT2D eigenvalue weighted by molar-refractivity contribution is -0.145. The summed E-state index contributed by atoms with van der Waals surface area (Å²) in [6.07, 6.45) is -1.82. The average molecular weight is 301 g/mol. The highest BCUT2D eigenvalue weighted by Crippen LogP contribution is 2.19. The fourth-order valence-corrected chi connectivity index (χ4v) is 1.60. The lowest BCUT2D eigenvalue weighted by Gasteiger charge is -2.19. The monoisotopic (exact) mass is 301 g/mol. The van der Waals surface area contributed by atoms with E-state index in [1.165, 1.54) is 0 Å². The lowest BCUT2D eigenvalue weighted by atomic mass is 10.1. The van der Waals surface area contributed by atoms with Crippen molar-refractivity contribution in [3.63, 3.8) is 0 Å². The number of hydrogen-bond donors (Lipinski definition) is 1. The van der Waals surface area contributed by atoms with Crippen LogP contribution in [0, 0.1) is 0 Å². The number of alkyl carbamates (subject to hydrolysis) is 1. The largest absolute Gasteiger partial charge is 0.467 e. The van der Waals surface area contributed by atoms with Crippen LogP contribution in [-0.2, 0) is 20.9 Å². The Balaban J connectivity index is 2.54. The van der Waals surface area contributed by atoms with E-state index in [4.69, 9.17) is 4.74 Å². The molecular formula is C14H17F2NO4. The third-order valence-corrected chi connectivity index (χ3v) is 2.55. The van der Waals surface area contributed by atoms with Crippen LogP contribution in [0.25, 0.3) is 0 Å². The summed E-state index contributed by atoms with van der Waals surface area (Å²) in [4.78, 5) is 22.9. The molecule has 0 saturated heterocycles. The smallest absolute Gasteiger partial charge is 0.408 e. The van der Waals surface area contributed by atoms with E-state index in [0.717, 1.165) is 12.7 Å². The first-order valence-corrected chi connectivity index (χ1v) is 6.24. The first kappa shape index (κ1) is 16.9. The number of carbonyl (C=O) groups is 2. The number of methoxy groups -OCH3 is 1. The van der Waals surface area contributed by atoms with Gasteiger partial charge in [0.15, 0.2) is 0 Å². The highest BCUT2D eigenvalue weighted by molar-refractivity contribution is 5.81. The van der Waals surface area contributed by atoms with E-state index >= 15 is 0 Å². The molecular weight excluding hydrogens is 284 g/mol. The van der Waals surface area contributed by atoms with Crippen molar-refractivity contribution in [3.05, 3.63) is 35.9 Å². The van der Waals surface area contributed by atoms with Crippen molar-refractivity contribution in [3.8, 4) is 0 Å². The van der Waals surface area contributed by atoms with Gasteiger partial charge in [0.25, 0.3) is 0 Å². The van der Waals surface area contributed by atoms with E-state index in [2.05, 4.69) is 10.1 Å². The van der Waals surface area contributed by atoms with Gasteiger partial charge in [-0.15, -0.1) is 0 Å². The predicted molar refractivity (Wildman–Crippen MR) is 70.8 cm³/mol. The summed E-state index contributed by atoms with van der Waals surface area (Å²) in [5, 5.41) is 2.08. The van der Waals surface area contributed by atoms with Crippen LogP contribution in [0.2, 0.25) is 0 Å². The standard InChI is InChI=1S/C14H17F2NO4/c1-14(15,16)8-11(12(18)20-2)17-13(19)21-9-10-6-4-3-5-7-10/h3-7,11H,8-9H2,1-2H3,(H,17,19). The molecule has 0 fully saturated rings. The van der Waals surface area contributed by atoms with Gasteiger partial charge in [0, 0.05) is 6.42 Å². The number of hydrogen-bond acceptors (Lipinski definition) is 4. The third-order valence-electron chi connectivity index (χ3n) is 2.55. The van der Waals surface area contributed by atoms with Gasteiger partial charge in [-0.1, -0.05) is 30.3 Å². The zero-order valence-corrected chi connectivity index (χ0v) is 11.8. The first-order chi connectivity index (χ1) is 9.81. The molecule has 0 radical (unpaired) electrons. The Bertz CT molecular complexity index is 474. The van der Waals surface area contributed by atoms with Crippen molar-refractivity contribution in [1.29, 1.82) is 0 Å². The molecule has 116 valence electrons. The summed E-state index contributed by atoms with van der Waals surface area (Å²) in [5.74, 6) is -4.07. The lowest BCUT2D eigenvalue weighted by Crippen LogP contribution is -2.44. The van der Waals surface area contributed by atoms with Gasteiger partial charge in [-0.2, -0.15) is 0 Å². The second-order valence-corrected chi connectivity index (χ2v) is 4.56. The third kappa shape index (κ3) is 6.69. The van der Waals surface area contributed by atoms with E-state index < -0.39 is 30.4 Å². The minimum atomic E-state index is -3.12. The maximum Gasteiger partial charge on any atom is 0.408 e. The minimum Gasteiger partial charge on any atom is -0.467 e. The van der Waals surface area contributed by atoms with Crippen LogP contribution in [0.1, 0.15) is 18.9 Å². The minimum absolute atomic E-state index is 0.0247. The zero-order valence-electron chi connectivity index (χ0n) is 11.8. The van der Waals surface area contributed by atoms with Crippen LogP contribution in [0.5, 0.6) is 0 Å². The fourth-order valence-electron chi connectivity index (χ4n) is 1.60. The highest BCUT2D eigenvalue weighted by Gasteiger charge is 2.33. The zero-order chi connectivity index (χ0) is 15.9. The number of rotatable bonds is 6. The Hall–Kier alpha value is -2.18. The van der Waals surface area contributed by atoms with Crippen molar-refractivity contribution >= 4 is 12.1 Å². The van der Waals surface area contributed by atoms with Gasteiger partial charge in [-0.3, -0.25) is 0 Å². The van der Waals surface area contributed by atoms with Crippen molar-refractivity contribution in [2.24, 2.45) is 0 Å². The molecule has 0 saturated carbocycles. The van der Waals surface area contributed by atoms with Crippen molar-refractivity contribution in [2.75, 3.05) is 7.11 Å². The topological polar surface area (TPSA) is 64.6 Å². The maximum absolute atomic E-state index is 13.0. The van der Waals surface area contributed by atoms with Gasteiger partial charge in [-0.05, 0) is 12.5 Å². The number of esters is 1. The second kappa shape index (κ2) is 7.56. The van der Waals surface area contributed by atoms with Gasteiger partial charge in [0.2, 0.25) is 5.92 Å². The molecule has 7 heteroatoms. The molecule has 0 bridgehead atoms. The Kier molecular flexibility index (Phi) is 6.08. The van der Waals surface area contributed by atoms with Crippen molar-refractivity contribution in [1.82, 2.24) is 5.32 Å². The summed E-state index contributed by atoms with van der Waals surface area (Å²) in [6, 6.07) is 7.37. The molecule has 1 aromatic rings. The van der Waals surface area contributed by atoms with Crippen LogP contribution < -0.4 is 5.32 Å². The van der Waals surface area contributed by atoms with Crippen LogP contribution in [0.4, 0.5) is 13.6 Å². The fraction of sp³-hybridized carbons (Fsp3) is 0.429. The Morgan fingerprint density at radius 1 is 1.29 bits per heavy atom. The normalized spacial score (nSPS) is 12.4. The van der Waals surface area contributed by atoms with Gasteiger partial charge in [-0.25, -0.2) is 18.4 Å². The van der Waals surface area contributed by atoms with Gasteiger partial charge < -0.3 is 14.8 Å². The number of ether oxygens (including phenoxy) is 2. The first-order valence-electron chi connectivity index (χ1n) is 6.24. The average Bonchev–Trinajstić information content (AvgIpc) is 2.43. The van der Waals surface area contributed by atoms with Crippen LogP contribution >= 0.6 is 0 Å².